The third-order valence-corrected chi connectivity index (χ3v) is 4.94. The van der Waals surface area contributed by atoms with Gasteiger partial charge in [-0.15, -0.1) is 0 Å². The Kier molecular flexibility index (Phi) is 11.0. The minimum absolute atomic E-state index is 0.215. The molecule has 0 spiro atoms. The van der Waals surface area contributed by atoms with Gasteiger partial charge in [-0.3, -0.25) is 15.6 Å². The Balaban J connectivity index is 1.88. The summed E-state index contributed by atoms with van der Waals surface area (Å²) in [5, 5.41) is 13.7. The van der Waals surface area contributed by atoms with Gasteiger partial charge in [0.05, 0.1) is 12.7 Å². The van der Waals surface area contributed by atoms with E-state index in [1.165, 1.54) is 0 Å². The summed E-state index contributed by atoms with van der Waals surface area (Å²) in [7, 11) is 0. The summed E-state index contributed by atoms with van der Waals surface area (Å²) in [6, 6.07) is 19.2. The number of para-hydroxylation sites is 1. The Bertz CT molecular complexity index is 787. The fraction of sp³-hybridized carbons (Fsp3) is 0.417. The smallest absolute Gasteiger partial charge is 0.241 e. The van der Waals surface area contributed by atoms with Crippen molar-refractivity contribution in [2.24, 2.45) is 11.8 Å². The minimum atomic E-state index is -0.721. The number of rotatable bonds is 11. The number of ether oxygens (including phenoxy) is 1. The third kappa shape index (κ3) is 10.4. The third-order valence-electron chi connectivity index (χ3n) is 4.73. The summed E-state index contributed by atoms with van der Waals surface area (Å²) in [5.74, 6) is -0.117. The molecule has 0 aliphatic heterocycles. The molecule has 168 valence electrons. The highest BCUT2D eigenvalue weighted by Gasteiger charge is 2.23. The first-order valence-corrected chi connectivity index (χ1v) is 11.1. The Morgan fingerprint density at radius 3 is 2.32 bits per heavy atom. The SMILES string of the molecule is CC(C)CCOC[C@@H](O)C[C@@H](Cc1ccccc1)C(=O)NNC(=S)Nc1ccccc1. The number of aliphatic hydroxyl groups excluding tert-OH is 1. The minimum Gasteiger partial charge on any atom is -0.391 e. The summed E-state index contributed by atoms with van der Waals surface area (Å²) in [5.41, 5.74) is 7.26. The molecule has 1 amide bonds. The Labute approximate surface area is 190 Å². The number of nitrogens with one attached hydrogen (secondary N) is 3. The molecule has 0 aromatic heterocycles. The molecule has 0 aliphatic carbocycles. The molecule has 0 unspecified atom stereocenters. The number of thiocarbonyl (C=S) groups is 1. The quantitative estimate of drug-likeness (QED) is 0.241. The Morgan fingerprint density at radius 1 is 1.03 bits per heavy atom. The monoisotopic (exact) mass is 443 g/mol. The number of aliphatic hydroxyl groups is 1. The molecular formula is C24H33N3O3S. The summed E-state index contributed by atoms with van der Waals surface area (Å²) < 4.78 is 5.57. The van der Waals surface area contributed by atoms with Crippen LogP contribution in [0, 0.1) is 11.8 Å². The Morgan fingerprint density at radius 2 is 1.68 bits per heavy atom. The number of hydrazine groups is 1. The van der Waals surface area contributed by atoms with Gasteiger partial charge in [0, 0.05) is 18.2 Å². The summed E-state index contributed by atoms with van der Waals surface area (Å²) >= 11 is 5.24. The second-order valence-corrected chi connectivity index (χ2v) is 8.38. The van der Waals surface area contributed by atoms with Gasteiger partial charge < -0.3 is 15.2 Å². The summed E-state index contributed by atoms with van der Waals surface area (Å²) in [4.78, 5) is 12.8. The lowest BCUT2D eigenvalue weighted by Crippen LogP contribution is -2.47. The van der Waals surface area contributed by atoms with Crippen LogP contribution in [0.4, 0.5) is 5.69 Å². The van der Waals surface area contributed by atoms with Crippen molar-refractivity contribution in [2.75, 3.05) is 18.5 Å². The molecule has 2 aromatic rings. The van der Waals surface area contributed by atoms with Crippen LogP contribution in [0.5, 0.6) is 0 Å². The second kappa shape index (κ2) is 13.7. The van der Waals surface area contributed by atoms with E-state index in [2.05, 4.69) is 30.0 Å². The molecule has 0 aliphatic rings. The zero-order valence-corrected chi connectivity index (χ0v) is 19.0. The van der Waals surface area contributed by atoms with E-state index in [1.807, 2.05) is 60.7 Å². The van der Waals surface area contributed by atoms with Crippen LogP contribution in [0.15, 0.2) is 60.7 Å². The van der Waals surface area contributed by atoms with Crippen molar-refractivity contribution in [1.82, 2.24) is 10.9 Å². The van der Waals surface area contributed by atoms with E-state index in [9.17, 15) is 9.90 Å². The number of carbonyl (C=O) groups is 1. The van der Waals surface area contributed by atoms with Crippen molar-refractivity contribution >= 4 is 28.9 Å². The first-order valence-electron chi connectivity index (χ1n) is 10.7. The largest absolute Gasteiger partial charge is 0.391 e. The van der Waals surface area contributed by atoms with Gasteiger partial charge in [-0.05, 0) is 55.1 Å². The number of carbonyl (C=O) groups excluding carboxylic acids is 1. The molecule has 2 atom stereocenters. The van der Waals surface area contributed by atoms with Crippen molar-refractivity contribution in [3.63, 3.8) is 0 Å². The molecule has 6 nitrogen and oxygen atoms in total. The lowest BCUT2D eigenvalue weighted by Gasteiger charge is -2.21. The van der Waals surface area contributed by atoms with Crippen molar-refractivity contribution in [1.29, 1.82) is 0 Å². The highest BCUT2D eigenvalue weighted by molar-refractivity contribution is 7.80. The molecule has 0 heterocycles. The number of hydrogen-bond acceptors (Lipinski definition) is 4. The number of hydrogen-bond donors (Lipinski definition) is 4. The lowest BCUT2D eigenvalue weighted by atomic mass is 9.93. The van der Waals surface area contributed by atoms with E-state index in [-0.39, 0.29) is 17.6 Å². The predicted molar refractivity (Wildman–Crippen MR) is 128 cm³/mol. The normalized spacial score (nSPS) is 12.8. The van der Waals surface area contributed by atoms with Gasteiger partial charge in [0.15, 0.2) is 5.11 Å². The molecular weight excluding hydrogens is 410 g/mol. The molecule has 2 rings (SSSR count). The second-order valence-electron chi connectivity index (χ2n) is 7.97. The van der Waals surface area contributed by atoms with Crippen molar-refractivity contribution in [3.8, 4) is 0 Å². The van der Waals surface area contributed by atoms with Gasteiger partial charge in [-0.2, -0.15) is 0 Å². The molecule has 0 fully saturated rings. The van der Waals surface area contributed by atoms with E-state index in [0.717, 1.165) is 17.7 Å². The average Bonchev–Trinajstić information content (AvgIpc) is 2.76. The highest BCUT2D eigenvalue weighted by Crippen LogP contribution is 2.15. The molecule has 0 saturated heterocycles. The zero-order valence-electron chi connectivity index (χ0n) is 18.2. The topological polar surface area (TPSA) is 82.6 Å². The van der Waals surface area contributed by atoms with E-state index >= 15 is 0 Å². The van der Waals surface area contributed by atoms with Crippen LogP contribution in [0.1, 0.15) is 32.3 Å². The van der Waals surface area contributed by atoms with Crippen LogP contribution in [0.25, 0.3) is 0 Å². The van der Waals surface area contributed by atoms with Gasteiger partial charge in [-0.25, -0.2) is 0 Å². The first-order chi connectivity index (χ1) is 14.9. The van der Waals surface area contributed by atoms with Crippen molar-refractivity contribution in [2.45, 2.75) is 39.2 Å². The maximum atomic E-state index is 12.8. The van der Waals surface area contributed by atoms with Crippen molar-refractivity contribution < 1.29 is 14.6 Å². The summed E-state index contributed by atoms with van der Waals surface area (Å²) in [6.07, 6.45) is 1.02. The van der Waals surface area contributed by atoms with Crippen LogP contribution in [0.3, 0.4) is 0 Å². The molecule has 0 saturated carbocycles. The maximum absolute atomic E-state index is 12.8. The molecule has 31 heavy (non-hydrogen) atoms. The highest BCUT2D eigenvalue weighted by atomic mass is 32.1. The van der Waals surface area contributed by atoms with Crippen LogP contribution in [-0.2, 0) is 16.0 Å². The van der Waals surface area contributed by atoms with Gasteiger partial charge in [-0.1, -0.05) is 62.4 Å². The fourth-order valence-electron chi connectivity index (χ4n) is 3.02. The molecule has 4 N–H and O–H groups in total. The van der Waals surface area contributed by atoms with Gasteiger partial charge in [0.25, 0.3) is 0 Å². The predicted octanol–water partition coefficient (Wildman–Crippen LogP) is 3.68. The standard InChI is InChI=1S/C24H33N3O3S/c1-18(2)13-14-30-17-22(28)16-20(15-19-9-5-3-6-10-19)23(29)26-27-24(31)25-21-11-7-4-8-12-21/h3-12,18,20,22,28H,13-17H2,1-2H3,(H,26,29)(H2,25,27,31)/t20-,22+/m1/s1. The summed E-state index contributed by atoms with van der Waals surface area (Å²) in [6.45, 7) is 5.08. The van der Waals surface area contributed by atoms with E-state index < -0.39 is 12.0 Å². The Hall–Kier alpha value is -2.48. The van der Waals surface area contributed by atoms with Gasteiger partial charge in [0.1, 0.15) is 0 Å². The molecule has 2 aromatic carbocycles. The zero-order chi connectivity index (χ0) is 22.5. The van der Waals surface area contributed by atoms with Gasteiger partial charge >= 0.3 is 0 Å². The fourth-order valence-corrected chi connectivity index (χ4v) is 3.19. The average molecular weight is 444 g/mol. The van der Waals surface area contributed by atoms with Crippen LogP contribution in [0.2, 0.25) is 0 Å². The molecule has 0 radical (unpaired) electrons. The van der Waals surface area contributed by atoms with Crippen molar-refractivity contribution in [3.05, 3.63) is 66.2 Å². The first kappa shape index (κ1) is 24.8. The molecule has 0 bridgehead atoms. The van der Waals surface area contributed by atoms with E-state index in [4.69, 9.17) is 17.0 Å². The van der Waals surface area contributed by atoms with E-state index in [1.54, 1.807) is 0 Å². The molecule has 7 heteroatoms. The van der Waals surface area contributed by atoms with Crippen LogP contribution < -0.4 is 16.2 Å². The number of amides is 1. The van der Waals surface area contributed by atoms with Crippen LogP contribution in [-0.4, -0.2) is 35.4 Å². The number of benzene rings is 2. The van der Waals surface area contributed by atoms with E-state index in [0.29, 0.717) is 25.4 Å². The number of anilines is 1. The maximum Gasteiger partial charge on any atom is 0.241 e. The lowest BCUT2D eigenvalue weighted by molar-refractivity contribution is -0.127. The van der Waals surface area contributed by atoms with Crippen LogP contribution >= 0.6 is 12.2 Å². The van der Waals surface area contributed by atoms with Gasteiger partial charge in [0.2, 0.25) is 5.91 Å².